The van der Waals surface area contributed by atoms with Gasteiger partial charge in [-0.2, -0.15) is 5.10 Å². The third-order valence-corrected chi connectivity index (χ3v) is 2.46. The Kier molecular flexibility index (Phi) is 2.27. The number of nitrogens with zero attached hydrogens (tertiary/aromatic N) is 2. The van der Waals surface area contributed by atoms with Crippen molar-refractivity contribution in [3.8, 4) is 0 Å². The molecule has 0 spiro atoms. The molecule has 62 valence electrons. The van der Waals surface area contributed by atoms with Crippen LogP contribution in [0.25, 0.3) is 0 Å². The normalized spacial score (nSPS) is 22.5. The van der Waals surface area contributed by atoms with E-state index in [1.54, 1.807) is 13.3 Å². The third kappa shape index (κ3) is 1.42. The zero-order chi connectivity index (χ0) is 8.32. The van der Waals surface area contributed by atoms with Gasteiger partial charge < -0.3 is 5.84 Å². The topological polar surface area (TPSA) is 50.7 Å². The Labute approximate surface area is 67.4 Å². The maximum absolute atomic E-state index is 5.26. The first-order chi connectivity index (χ1) is 5.29. The average Bonchev–Trinajstić information content (AvgIpc) is 2.81. The van der Waals surface area contributed by atoms with Crippen molar-refractivity contribution in [2.75, 3.05) is 7.05 Å². The molecule has 0 heterocycles. The lowest BCUT2D eigenvalue weighted by atomic mass is 9.98. The molecule has 0 aromatic heterocycles. The summed E-state index contributed by atoms with van der Waals surface area (Å²) in [5, 5.41) is 3.75. The van der Waals surface area contributed by atoms with E-state index >= 15 is 0 Å². The Morgan fingerprint density at radius 2 is 2.27 bits per heavy atom. The van der Waals surface area contributed by atoms with E-state index in [1.165, 1.54) is 12.8 Å². The number of nitrogens with two attached hydrogens (primary N) is 1. The molecule has 0 amide bonds. The van der Waals surface area contributed by atoms with Crippen molar-refractivity contribution >= 4 is 11.9 Å². The van der Waals surface area contributed by atoms with Gasteiger partial charge in [-0.15, -0.1) is 0 Å². The van der Waals surface area contributed by atoms with Gasteiger partial charge in [-0.05, 0) is 19.3 Å². The molecule has 0 aromatic rings. The molecule has 0 aliphatic heterocycles. The molecule has 0 saturated heterocycles. The second kappa shape index (κ2) is 3.03. The lowest BCUT2D eigenvalue weighted by Crippen LogP contribution is -2.18. The lowest BCUT2D eigenvalue weighted by molar-refractivity contribution is 0.674. The highest BCUT2D eigenvalue weighted by molar-refractivity contribution is 6.33. The van der Waals surface area contributed by atoms with E-state index in [-0.39, 0.29) is 5.41 Å². The molecule has 3 heteroatoms. The number of rotatable bonds is 3. The van der Waals surface area contributed by atoms with E-state index in [0.717, 1.165) is 12.1 Å². The first-order valence-corrected chi connectivity index (χ1v) is 3.99. The average molecular weight is 153 g/mol. The molecular formula is C8H15N3. The molecule has 2 N–H and O–H groups in total. The molecule has 0 bridgehead atoms. The van der Waals surface area contributed by atoms with Crippen molar-refractivity contribution in [1.29, 1.82) is 0 Å². The predicted molar refractivity (Wildman–Crippen MR) is 48.0 cm³/mol. The maximum atomic E-state index is 5.26. The molecule has 0 radical (unpaired) electrons. The van der Waals surface area contributed by atoms with Crippen LogP contribution in [0, 0.1) is 5.41 Å². The Hall–Kier alpha value is -0.860. The standard InChI is InChI=1S/C8H15N3/c1-3-8(4-5-8)7(11-9)6-10-2/h6H,3-5,9H2,1-2H3. The Bertz CT molecular complexity index is 190. The van der Waals surface area contributed by atoms with E-state index in [1.807, 2.05) is 0 Å². The van der Waals surface area contributed by atoms with Crippen LogP contribution in [0.15, 0.2) is 10.1 Å². The molecule has 0 unspecified atom stereocenters. The molecule has 11 heavy (non-hydrogen) atoms. The highest BCUT2D eigenvalue weighted by atomic mass is 15.1. The highest BCUT2D eigenvalue weighted by Gasteiger charge is 2.44. The van der Waals surface area contributed by atoms with Crippen LogP contribution in [0.3, 0.4) is 0 Å². The van der Waals surface area contributed by atoms with Crippen molar-refractivity contribution in [2.45, 2.75) is 26.2 Å². The van der Waals surface area contributed by atoms with Gasteiger partial charge in [-0.3, -0.25) is 4.99 Å². The first kappa shape index (κ1) is 8.24. The fourth-order valence-electron chi connectivity index (χ4n) is 1.37. The molecule has 0 aromatic carbocycles. The van der Waals surface area contributed by atoms with Crippen LogP contribution in [0.5, 0.6) is 0 Å². The van der Waals surface area contributed by atoms with Crippen molar-refractivity contribution in [3.63, 3.8) is 0 Å². The molecular weight excluding hydrogens is 138 g/mol. The smallest absolute Gasteiger partial charge is 0.0839 e. The Morgan fingerprint density at radius 1 is 1.64 bits per heavy atom. The van der Waals surface area contributed by atoms with Gasteiger partial charge in [0.15, 0.2) is 0 Å². The van der Waals surface area contributed by atoms with Crippen LogP contribution in [0.1, 0.15) is 26.2 Å². The van der Waals surface area contributed by atoms with Gasteiger partial charge in [0, 0.05) is 18.7 Å². The van der Waals surface area contributed by atoms with Gasteiger partial charge in [-0.25, -0.2) is 0 Å². The molecule has 0 atom stereocenters. The monoisotopic (exact) mass is 153 g/mol. The van der Waals surface area contributed by atoms with E-state index < -0.39 is 0 Å². The van der Waals surface area contributed by atoms with Crippen molar-refractivity contribution < 1.29 is 0 Å². The molecule has 1 saturated carbocycles. The summed E-state index contributed by atoms with van der Waals surface area (Å²) in [7, 11) is 1.75. The third-order valence-electron chi connectivity index (χ3n) is 2.46. The Morgan fingerprint density at radius 3 is 2.55 bits per heavy atom. The minimum Gasteiger partial charge on any atom is -0.323 e. The summed E-state index contributed by atoms with van der Waals surface area (Å²) in [6, 6.07) is 0. The fourth-order valence-corrected chi connectivity index (χ4v) is 1.37. The summed E-state index contributed by atoms with van der Waals surface area (Å²) < 4.78 is 0. The van der Waals surface area contributed by atoms with Gasteiger partial charge in [-0.1, -0.05) is 6.92 Å². The zero-order valence-corrected chi connectivity index (χ0v) is 7.17. The second-order valence-electron chi connectivity index (χ2n) is 3.04. The second-order valence-corrected chi connectivity index (χ2v) is 3.04. The number of hydrogen-bond donors (Lipinski definition) is 1. The highest BCUT2D eigenvalue weighted by Crippen LogP contribution is 2.49. The van der Waals surface area contributed by atoms with Crippen molar-refractivity contribution in [2.24, 2.45) is 21.4 Å². The van der Waals surface area contributed by atoms with Crippen LogP contribution < -0.4 is 5.84 Å². The van der Waals surface area contributed by atoms with Crippen LogP contribution in [-0.2, 0) is 0 Å². The van der Waals surface area contributed by atoms with Gasteiger partial charge >= 0.3 is 0 Å². The predicted octanol–water partition coefficient (Wildman–Crippen LogP) is 1.19. The molecule has 1 fully saturated rings. The van der Waals surface area contributed by atoms with Crippen LogP contribution in [-0.4, -0.2) is 19.0 Å². The van der Waals surface area contributed by atoms with Crippen molar-refractivity contribution in [1.82, 2.24) is 0 Å². The van der Waals surface area contributed by atoms with E-state index in [9.17, 15) is 0 Å². The summed E-state index contributed by atoms with van der Waals surface area (Å²) >= 11 is 0. The quantitative estimate of drug-likeness (QED) is 0.369. The van der Waals surface area contributed by atoms with E-state index in [4.69, 9.17) is 5.84 Å². The molecule has 1 rings (SSSR count). The van der Waals surface area contributed by atoms with Crippen LogP contribution in [0.4, 0.5) is 0 Å². The van der Waals surface area contributed by atoms with Crippen LogP contribution >= 0.6 is 0 Å². The van der Waals surface area contributed by atoms with Gasteiger partial charge in [0.2, 0.25) is 0 Å². The SMILES string of the molecule is CCC1(C(C=NC)=NN)CC1. The fraction of sp³-hybridized carbons (Fsp3) is 0.750. The first-order valence-electron chi connectivity index (χ1n) is 3.99. The van der Waals surface area contributed by atoms with E-state index in [0.29, 0.717) is 0 Å². The lowest BCUT2D eigenvalue weighted by Gasteiger charge is -2.09. The summed E-state index contributed by atoms with van der Waals surface area (Å²) in [5.41, 5.74) is 1.25. The summed E-state index contributed by atoms with van der Waals surface area (Å²) in [6.07, 6.45) is 5.32. The van der Waals surface area contributed by atoms with Crippen LogP contribution in [0.2, 0.25) is 0 Å². The molecule has 1 aliphatic rings. The van der Waals surface area contributed by atoms with Gasteiger partial charge in [0.1, 0.15) is 0 Å². The number of hydrazone groups is 1. The largest absolute Gasteiger partial charge is 0.323 e. The molecule has 1 aliphatic carbocycles. The Balaban J connectivity index is 2.70. The van der Waals surface area contributed by atoms with E-state index in [2.05, 4.69) is 17.0 Å². The summed E-state index contributed by atoms with van der Waals surface area (Å²) in [4.78, 5) is 3.93. The summed E-state index contributed by atoms with van der Waals surface area (Å²) in [6.45, 7) is 2.17. The zero-order valence-electron chi connectivity index (χ0n) is 7.17. The number of aliphatic imine (C=N–C) groups is 1. The number of hydrogen-bond acceptors (Lipinski definition) is 3. The summed E-state index contributed by atoms with van der Waals surface area (Å²) in [5.74, 6) is 5.26. The minimum atomic E-state index is 0.286. The van der Waals surface area contributed by atoms with Crippen molar-refractivity contribution in [3.05, 3.63) is 0 Å². The molecule has 3 nitrogen and oxygen atoms in total. The van der Waals surface area contributed by atoms with Gasteiger partial charge in [0.25, 0.3) is 0 Å². The van der Waals surface area contributed by atoms with Gasteiger partial charge in [0.05, 0.1) is 5.71 Å². The minimum absolute atomic E-state index is 0.286. The maximum Gasteiger partial charge on any atom is 0.0839 e.